The molecular formula is C29H40N4O3. The van der Waals surface area contributed by atoms with Gasteiger partial charge in [-0.3, -0.25) is 9.59 Å². The molecule has 36 heavy (non-hydrogen) atoms. The Labute approximate surface area is 214 Å². The lowest BCUT2D eigenvalue weighted by Crippen LogP contribution is -2.30. The topological polar surface area (TPSA) is 85.2 Å². The Bertz CT molecular complexity index is 1130. The van der Waals surface area contributed by atoms with Crippen LogP contribution in [0.15, 0.2) is 35.9 Å². The fraction of sp³-hybridized carbons (Fsp3) is 0.552. The normalized spacial score (nSPS) is 18.2. The number of ketones is 1. The van der Waals surface area contributed by atoms with Crippen molar-refractivity contribution >= 4 is 28.4 Å². The lowest BCUT2D eigenvalue weighted by Gasteiger charge is -2.24. The number of esters is 1. The Kier molecular flexibility index (Phi) is 9.10. The zero-order valence-corrected chi connectivity index (χ0v) is 21.9. The number of fused-ring (bicyclic) bond motifs is 1. The van der Waals surface area contributed by atoms with Crippen molar-refractivity contribution in [3.8, 4) is 0 Å². The van der Waals surface area contributed by atoms with Crippen LogP contribution in [-0.4, -0.2) is 47.0 Å². The van der Waals surface area contributed by atoms with Crippen molar-refractivity contribution < 1.29 is 14.3 Å². The Morgan fingerprint density at radius 3 is 2.61 bits per heavy atom. The Balaban J connectivity index is 1.53. The molecule has 2 N–H and O–H groups in total. The third-order valence-electron chi connectivity index (χ3n) is 7.41. The molecule has 0 spiro atoms. The second kappa shape index (κ2) is 12.5. The first-order chi connectivity index (χ1) is 17.4. The predicted octanol–water partition coefficient (Wildman–Crippen LogP) is 4.55. The summed E-state index contributed by atoms with van der Waals surface area (Å²) < 4.78 is 7.86. The van der Waals surface area contributed by atoms with Crippen LogP contribution in [0.25, 0.3) is 16.6 Å². The van der Waals surface area contributed by atoms with Crippen molar-refractivity contribution in [3.63, 3.8) is 0 Å². The number of nitrogens with one attached hydrogen (secondary N) is 2. The first kappa shape index (κ1) is 26.3. The van der Waals surface area contributed by atoms with Crippen LogP contribution in [0.4, 0.5) is 0 Å². The van der Waals surface area contributed by atoms with Gasteiger partial charge in [0, 0.05) is 18.7 Å². The summed E-state index contributed by atoms with van der Waals surface area (Å²) in [7, 11) is 0. The second-order valence-corrected chi connectivity index (χ2v) is 10.2. The summed E-state index contributed by atoms with van der Waals surface area (Å²) >= 11 is 0. The molecule has 0 bridgehead atoms. The number of Topliss-reactive ketones (excluding diaryl/α,β-unsaturated/α-hetero) is 1. The zero-order chi connectivity index (χ0) is 25.5. The SMILES string of the molecule is C/C=C(\C=C(\C)C(C)=O)c1nc2cc(CNCC(=O)OC3CCCC3)ccc2n1CC1CCNCC1. The highest BCUT2D eigenvalue weighted by molar-refractivity contribution is 5.96. The average molecular weight is 493 g/mol. The van der Waals surface area contributed by atoms with Crippen LogP contribution >= 0.6 is 0 Å². The van der Waals surface area contributed by atoms with E-state index in [1.54, 1.807) is 6.92 Å². The van der Waals surface area contributed by atoms with E-state index in [0.717, 1.165) is 91.7 Å². The minimum Gasteiger partial charge on any atom is -0.461 e. The van der Waals surface area contributed by atoms with Crippen LogP contribution in [-0.2, 0) is 27.4 Å². The van der Waals surface area contributed by atoms with E-state index in [1.807, 2.05) is 26.0 Å². The summed E-state index contributed by atoms with van der Waals surface area (Å²) in [6.07, 6.45) is 10.6. The molecule has 1 aromatic carbocycles. The molecule has 2 aliphatic rings. The van der Waals surface area contributed by atoms with Gasteiger partial charge < -0.3 is 19.9 Å². The van der Waals surface area contributed by atoms with Crippen LogP contribution in [0.2, 0.25) is 0 Å². The van der Waals surface area contributed by atoms with E-state index >= 15 is 0 Å². The number of carbonyl (C=O) groups is 2. The van der Waals surface area contributed by atoms with Crippen LogP contribution in [0.3, 0.4) is 0 Å². The summed E-state index contributed by atoms with van der Waals surface area (Å²) in [5, 5.41) is 6.68. The fourth-order valence-electron chi connectivity index (χ4n) is 5.17. The number of aromatic nitrogens is 2. The number of ether oxygens (including phenoxy) is 1. The highest BCUT2D eigenvalue weighted by Crippen LogP contribution is 2.27. The number of hydrogen-bond acceptors (Lipinski definition) is 6. The molecule has 1 saturated carbocycles. The Morgan fingerprint density at radius 2 is 1.92 bits per heavy atom. The first-order valence-corrected chi connectivity index (χ1v) is 13.4. The summed E-state index contributed by atoms with van der Waals surface area (Å²) in [6.45, 7) is 9.23. The van der Waals surface area contributed by atoms with Crippen molar-refractivity contribution in [2.45, 2.75) is 78.5 Å². The molecule has 0 amide bonds. The highest BCUT2D eigenvalue weighted by atomic mass is 16.5. The van der Waals surface area contributed by atoms with Crippen LogP contribution < -0.4 is 10.6 Å². The maximum absolute atomic E-state index is 12.1. The van der Waals surface area contributed by atoms with Gasteiger partial charge in [0.1, 0.15) is 11.9 Å². The molecule has 0 unspecified atom stereocenters. The Morgan fingerprint density at radius 1 is 1.17 bits per heavy atom. The molecular weight excluding hydrogens is 452 g/mol. The number of piperidine rings is 1. The monoisotopic (exact) mass is 492 g/mol. The Hall–Kier alpha value is -2.77. The highest BCUT2D eigenvalue weighted by Gasteiger charge is 2.21. The number of benzene rings is 1. The molecule has 1 aromatic heterocycles. The molecule has 2 heterocycles. The predicted molar refractivity (Wildman–Crippen MR) is 143 cm³/mol. The van der Waals surface area contributed by atoms with Gasteiger partial charge in [-0.1, -0.05) is 12.1 Å². The van der Waals surface area contributed by atoms with Crippen molar-refractivity contribution in [3.05, 3.63) is 47.3 Å². The van der Waals surface area contributed by atoms with E-state index in [2.05, 4.69) is 33.4 Å². The van der Waals surface area contributed by atoms with Crippen LogP contribution in [0, 0.1) is 5.92 Å². The van der Waals surface area contributed by atoms with Crippen molar-refractivity contribution in [1.29, 1.82) is 0 Å². The summed E-state index contributed by atoms with van der Waals surface area (Å²) in [4.78, 5) is 29.1. The molecule has 2 fully saturated rings. The van der Waals surface area contributed by atoms with Gasteiger partial charge in [0.2, 0.25) is 0 Å². The molecule has 2 aromatic rings. The number of carbonyl (C=O) groups excluding carboxylic acids is 2. The average Bonchev–Trinajstić information content (AvgIpc) is 3.50. The van der Waals surface area contributed by atoms with Crippen molar-refractivity contribution in [2.24, 2.45) is 5.92 Å². The van der Waals surface area contributed by atoms with Gasteiger partial charge in [-0.05, 0) is 108 Å². The van der Waals surface area contributed by atoms with E-state index in [4.69, 9.17) is 9.72 Å². The smallest absolute Gasteiger partial charge is 0.320 e. The van der Waals surface area contributed by atoms with E-state index in [9.17, 15) is 9.59 Å². The lowest BCUT2D eigenvalue weighted by atomic mass is 9.98. The molecule has 4 rings (SSSR count). The summed E-state index contributed by atoms with van der Waals surface area (Å²) in [6, 6.07) is 6.34. The first-order valence-electron chi connectivity index (χ1n) is 13.4. The molecule has 1 saturated heterocycles. The minimum atomic E-state index is -0.179. The van der Waals surface area contributed by atoms with Gasteiger partial charge in [-0.25, -0.2) is 4.98 Å². The number of imidazole rings is 1. The second-order valence-electron chi connectivity index (χ2n) is 10.2. The maximum Gasteiger partial charge on any atom is 0.320 e. The van der Waals surface area contributed by atoms with E-state index in [0.29, 0.717) is 12.5 Å². The van der Waals surface area contributed by atoms with Crippen molar-refractivity contribution in [2.75, 3.05) is 19.6 Å². The number of hydrogen-bond donors (Lipinski definition) is 2. The fourth-order valence-corrected chi connectivity index (χ4v) is 5.17. The van der Waals surface area contributed by atoms with E-state index in [1.165, 1.54) is 0 Å². The molecule has 1 aliphatic heterocycles. The quantitative estimate of drug-likeness (QED) is 0.288. The van der Waals surface area contributed by atoms with Gasteiger partial charge in [-0.15, -0.1) is 0 Å². The number of nitrogens with zero attached hydrogens (tertiary/aromatic N) is 2. The molecule has 1 aliphatic carbocycles. The van der Waals surface area contributed by atoms with Gasteiger partial charge >= 0.3 is 5.97 Å². The van der Waals surface area contributed by atoms with Gasteiger partial charge in [0.05, 0.1) is 17.6 Å². The standard InChI is InChI=1S/C29H40N4O3/c1-4-24(15-20(2)21(3)34)29-32-26-16-23(17-31-18-28(35)36-25-7-5-6-8-25)9-10-27(26)33(29)19-22-11-13-30-14-12-22/h4,9-10,15-16,22,25,30-31H,5-8,11-14,17-19H2,1-3H3/b20-15-,24-4+. The zero-order valence-electron chi connectivity index (χ0n) is 21.9. The summed E-state index contributed by atoms with van der Waals surface area (Å²) in [5.74, 6) is 1.37. The molecule has 0 radical (unpaired) electrons. The van der Waals surface area contributed by atoms with Gasteiger partial charge in [0.15, 0.2) is 5.78 Å². The van der Waals surface area contributed by atoms with Crippen LogP contribution in [0.5, 0.6) is 0 Å². The molecule has 194 valence electrons. The third kappa shape index (κ3) is 6.71. The minimum absolute atomic E-state index is 0.0650. The van der Waals surface area contributed by atoms with E-state index < -0.39 is 0 Å². The molecule has 0 atom stereocenters. The largest absolute Gasteiger partial charge is 0.461 e. The number of rotatable bonds is 10. The lowest BCUT2D eigenvalue weighted by molar-refractivity contribution is -0.147. The van der Waals surface area contributed by atoms with Crippen molar-refractivity contribution in [1.82, 2.24) is 20.2 Å². The van der Waals surface area contributed by atoms with Gasteiger partial charge in [-0.2, -0.15) is 0 Å². The number of allylic oxidation sites excluding steroid dienone is 4. The van der Waals surface area contributed by atoms with E-state index in [-0.39, 0.29) is 24.4 Å². The third-order valence-corrected chi connectivity index (χ3v) is 7.41. The maximum atomic E-state index is 12.1. The summed E-state index contributed by atoms with van der Waals surface area (Å²) in [5.41, 5.74) is 4.79. The van der Waals surface area contributed by atoms with Gasteiger partial charge in [0.25, 0.3) is 0 Å². The molecule has 7 heteroatoms. The molecule has 7 nitrogen and oxygen atoms in total. The van der Waals surface area contributed by atoms with Crippen LogP contribution in [0.1, 0.15) is 70.7 Å².